The van der Waals surface area contributed by atoms with Crippen molar-refractivity contribution in [3.63, 3.8) is 0 Å². The van der Waals surface area contributed by atoms with Crippen molar-refractivity contribution in [2.24, 2.45) is 0 Å². The van der Waals surface area contributed by atoms with Crippen molar-refractivity contribution in [2.45, 2.75) is 13.5 Å². The lowest BCUT2D eigenvalue weighted by Gasteiger charge is -2.21. The van der Waals surface area contributed by atoms with Gasteiger partial charge in [-0.25, -0.2) is 4.98 Å². The second-order valence-electron chi connectivity index (χ2n) is 3.01. The molecule has 0 saturated heterocycles. The van der Waals surface area contributed by atoms with Gasteiger partial charge in [-0.2, -0.15) is 0 Å². The van der Waals surface area contributed by atoms with Gasteiger partial charge in [0.1, 0.15) is 5.82 Å². The van der Waals surface area contributed by atoms with E-state index in [4.69, 9.17) is 6.42 Å². The molecule has 0 bridgehead atoms. The normalized spacial score (nSPS) is 9.73. The first-order valence-corrected chi connectivity index (χ1v) is 5.45. The molecule has 0 radical (unpaired) electrons. The van der Waals surface area contributed by atoms with Crippen molar-refractivity contribution in [3.05, 3.63) is 22.3 Å². The van der Waals surface area contributed by atoms with E-state index in [0.717, 1.165) is 22.4 Å². The maximum atomic E-state index is 9.22. The number of hydrogen-bond acceptors (Lipinski definition) is 3. The van der Waals surface area contributed by atoms with Crippen LogP contribution >= 0.6 is 15.9 Å². The van der Waals surface area contributed by atoms with Crippen molar-refractivity contribution in [2.75, 3.05) is 18.0 Å². The summed E-state index contributed by atoms with van der Waals surface area (Å²) in [4.78, 5) is 6.20. The van der Waals surface area contributed by atoms with Crippen molar-refractivity contribution < 1.29 is 5.11 Å². The third-order valence-corrected chi connectivity index (χ3v) is 2.48. The molecule has 0 fully saturated rings. The molecular formula is C11H13BrN2O. The molecule has 0 atom stereocenters. The zero-order valence-corrected chi connectivity index (χ0v) is 10.2. The van der Waals surface area contributed by atoms with Crippen LogP contribution in [0.2, 0.25) is 0 Å². The Kier molecular flexibility index (Phi) is 4.60. The number of hydrogen-bond donors (Lipinski definition) is 1. The number of halogens is 1. The third-order valence-electron chi connectivity index (χ3n) is 2.04. The fraction of sp³-hybridized carbons (Fsp3) is 0.364. The number of aliphatic hydroxyl groups excluding tert-OH is 1. The van der Waals surface area contributed by atoms with E-state index in [1.807, 2.05) is 17.9 Å². The van der Waals surface area contributed by atoms with Gasteiger partial charge >= 0.3 is 0 Å². The first-order chi connectivity index (χ1) is 7.22. The largest absolute Gasteiger partial charge is 0.392 e. The van der Waals surface area contributed by atoms with Gasteiger partial charge in [0.25, 0.3) is 0 Å². The Morgan fingerprint density at radius 2 is 2.40 bits per heavy atom. The quantitative estimate of drug-likeness (QED) is 0.847. The Balaban J connectivity index is 3.06. The molecule has 0 aliphatic heterocycles. The van der Waals surface area contributed by atoms with Crippen LogP contribution in [0, 0.1) is 12.3 Å². The maximum Gasteiger partial charge on any atom is 0.134 e. The van der Waals surface area contributed by atoms with Crippen molar-refractivity contribution in [1.29, 1.82) is 0 Å². The molecule has 1 N–H and O–H groups in total. The number of terminal acetylenes is 1. The summed E-state index contributed by atoms with van der Waals surface area (Å²) in [6.45, 7) is 3.23. The van der Waals surface area contributed by atoms with Crippen LogP contribution in [-0.4, -0.2) is 23.2 Å². The molecule has 0 saturated carbocycles. The lowest BCUT2D eigenvalue weighted by Crippen LogP contribution is -2.25. The number of aromatic nitrogens is 1. The number of aliphatic hydroxyl groups is 1. The topological polar surface area (TPSA) is 36.4 Å². The number of pyridine rings is 1. The van der Waals surface area contributed by atoms with Gasteiger partial charge in [-0.15, -0.1) is 6.42 Å². The monoisotopic (exact) mass is 268 g/mol. The number of rotatable bonds is 4. The Morgan fingerprint density at radius 3 is 2.93 bits per heavy atom. The molecule has 80 valence electrons. The second-order valence-corrected chi connectivity index (χ2v) is 3.93. The molecule has 0 unspecified atom stereocenters. The van der Waals surface area contributed by atoms with Gasteiger partial charge in [0, 0.05) is 22.8 Å². The molecule has 0 aliphatic rings. The number of anilines is 1. The first kappa shape index (κ1) is 12.0. The summed E-state index contributed by atoms with van der Waals surface area (Å²) in [5.41, 5.74) is 0.779. The van der Waals surface area contributed by atoms with Crippen molar-refractivity contribution in [3.8, 4) is 12.3 Å². The zero-order valence-electron chi connectivity index (χ0n) is 8.57. The molecule has 4 heteroatoms. The summed E-state index contributed by atoms with van der Waals surface area (Å²) >= 11 is 3.31. The zero-order chi connectivity index (χ0) is 11.3. The van der Waals surface area contributed by atoms with E-state index >= 15 is 0 Å². The lowest BCUT2D eigenvalue weighted by atomic mass is 10.2. The average molecular weight is 269 g/mol. The van der Waals surface area contributed by atoms with Gasteiger partial charge in [-0.05, 0) is 28.9 Å². The molecule has 0 spiro atoms. The summed E-state index contributed by atoms with van der Waals surface area (Å²) in [5.74, 6) is 3.33. The van der Waals surface area contributed by atoms with Gasteiger partial charge in [0.05, 0.1) is 13.2 Å². The van der Waals surface area contributed by atoms with E-state index < -0.39 is 0 Å². The van der Waals surface area contributed by atoms with E-state index in [1.165, 1.54) is 0 Å². The fourth-order valence-corrected chi connectivity index (χ4v) is 1.70. The van der Waals surface area contributed by atoms with Gasteiger partial charge in [-0.1, -0.05) is 5.92 Å². The van der Waals surface area contributed by atoms with E-state index in [-0.39, 0.29) is 6.61 Å². The first-order valence-electron chi connectivity index (χ1n) is 4.66. The van der Waals surface area contributed by atoms with Crippen LogP contribution in [-0.2, 0) is 6.61 Å². The average Bonchev–Trinajstić information content (AvgIpc) is 2.26. The van der Waals surface area contributed by atoms with Gasteiger partial charge in [-0.3, -0.25) is 0 Å². The summed E-state index contributed by atoms with van der Waals surface area (Å²) in [6.07, 6.45) is 6.97. The molecule has 15 heavy (non-hydrogen) atoms. The second kappa shape index (κ2) is 5.74. The van der Waals surface area contributed by atoms with Crippen molar-refractivity contribution in [1.82, 2.24) is 4.98 Å². The maximum absolute atomic E-state index is 9.22. The Morgan fingerprint density at radius 1 is 1.67 bits per heavy atom. The SMILES string of the molecule is C#CCN(CC)c1ncc(Br)cc1CO. The Bertz CT molecular complexity index is 373. The molecule has 0 aromatic carbocycles. The van der Waals surface area contributed by atoms with E-state index in [0.29, 0.717) is 6.54 Å². The summed E-state index contributed by atoms with van der Waals surface area (Å²) < 4.78 is 0.854. The molecule has 1 aromatic rings. The highest BCUT2D eigenvalue weighted by atomic mass is 79.9. The minimum atomic E-state index is -0.0388. The lowest BCUT2D eigenvalue weighted by molar-refractivity contribution is 0.281. The highest BCUT2D eigenvalue weighted by Gasteiger charge is 2.10. The predicted octanol–water partition coefficient (Wildman–Crippen LogP) is 1.80. The van der Waals surface area contributed by atoms with E-state index in [1.54, 1.807) is 6.20 Å². The van der Waals surface area contributed by atoms with E-state index in [9.17, 15) is 5.11 Å². The molecule has 1 heterocycles. The van der Waals surface area contributed by atoms with Crippen LogP contribution in [0.15, 0.2) is 16.7 Å². The Hall–Kier alpha value is -1.05. The van der Waals surface area contributed by atoms with Crippen LogP contribution in [0.5, 0.6) is 0 Å². The van der Waals surface area contributed by atoms with Crippen LogP contribution in [0.25, 0.3) is 0 Å². The minimum absolute atomic E-state index is 0.0388. The van der Waals surface area contributed by atoms with Gasteiger partial charge < -0.3 is 10.0 Å². The summed E-state index contributed by atoms with van der Waals surface area (Å²) in [7, 11) is 0. The summed E-state index contributed by atoms with van der Waals surface area (Å²) in [5, 5.41) is 9.22. The highest BCUT2D eigenvalue weighted by Crippen LogP contribution is 2.21. The van der Waals surface area contributed by atoms with Crippen LogP contribution < -0.4 is 4.90 Å². The third kappa shape index (κ3) is 2.95. The van der Waals surface area contributed by atoms with E-state index in [2.05, 4.69) is 26.8 Å². The van der Waals surface area contributed by atoms with Crippen molar-refractivity contribution >= 4 is 21.7 Å². The van der Waals surface area contributed by atoms with Crippen LogP contribution in [0.3, 0.4) is 0 Å². The predicted molar refractivity (Wildman–Crippen MR) is 64.6 cm³/mol. The smallest absolute Gasteiger partial charge is 0.134 e. The molecule has 1 aromatic heterocycles. The number of nitrogens with zero attached hydrogens (tertiary/aromatic N) is 2. The molecule has 3 nitrogen and oxygen atoms in total. The standard InChI is InChI=1S/C11H13BrN2O/c1-3-5-14(4-2)11-9(8-15)6-10(12)7-13-11/h1,6-7,15H,4-5,8H2,2H3. The molecule has 0 aliphatic carbocycles. The fourth-order valence-electron chi connectivity index (χ4n) is 1.32. The van der Waals surface area contributed by atoms with Gasteiger partial charge in [0.2, 0.25) is 0 Å². The Labute approximate surface area is 98.3 Å². The summed E-state index contributed by atoms with van der Waals surface area (Å²) in [6, 6.07) is 1.85. The van der Waals surface area contributed by atoms with Crippen LogP contribution in [0.4, 0.5) is 5.82 Å². The molecular weight excluding hydrogens is 256 g/mol. The molecule has 0 amide bonds. The molecule has 1 rings (SSSR count). The van der Waals surface area contributed by atoms with Gasteiger partial charge in [0.15, 0.2) is 0 Å². The van der Waals surface area contributed by atoms with Crippen LogP contribution in [0.1, 0.15) is 12.5 Å². The highest BCUT2D eigenvalue weighted by molar-refractivity contribution is 9.10. The minimum Gasteiger partial charge on any atom is -0.392 e.